The van der Waals surface area contributed by atoms with E-state index in [1.165, 1.54) is 7.11 Å². The number of ketones is 1. The molecule has 0 heterocycles. The van der Waals surface area contributed by atoms with Crippen molar-refractivity contribution in [3.8, 4) is 0 Å². The number of hydrogen-bond acceptors (Lipinski definition) is 5. The zero-order valence-electron chi connectivity index (χ0n) is 9.81. The van der Waals surface area contributed by atoms with Gasteiger partial charge in [0.2, 0.25) is 0 Å². The van der Waals surface area contributed by atoms with Gasteiger partial charge in [0.1, 0.15) is 12.2 Å². The first-order valence-corrected chi connectivity index (χ1v) is 5.45. The van der Waals surface area contributed by atoms with E-state index in [2.05, 4.69) is 4.74 Å². The SMILES string of the molecule is CCCC[C@H](O)[C@@H](O)CC(=O)CC(=O)OC. The topological polar surface area (TPSA) is 83.8 Å². The molecular formula is C11H20O5. The van der Waals surface area contributed by atoms with E-state index in [0.717, 1.165) is 12.8 Å². The lowest BCUT2D eigenvalue weighted by Crippen LogP contribution is -2.29. The van der Waals surface area contributed by atoms with Gasteiger partial charge in [-0.3, -0.25) is 9.59 Å². The fourth-order valence-corrected chi connectivity index (χ4v) is 1.28. The molecule has 0 aromatic carbocycles. The summed E-state index contributed by atoms with van der Waals surface area (Å²) in [6.07, 6.45) is -0.384. The molecule has 0 spiro atoms. The lowest BCUT2D eigenvalue weighted by Gasteiger charge is -2.16. The molecular weight excluding hydrogens is 212 g/mol. The van der Waals surface area contributed by atoms with Gasteiger partial charge in [0, 0.05) is 6.42 Å². The number of unbranched alkanes of at least 4 members (excludes halogenated alkanes) is 1. The Balaban J connectivity index is 3.88. The fraction of sp³-hybridized carbons (Fsp3) is 0.818. The number of aliphatic hydroxyl groups excluding tert-OH is 2. The van der Waals surface area contributed by atoms with Gasteiger partial charge in [0.05, 0.1) is 19.3 Å². The number of esters is 1. The van der Waals surface area contributed by atoms with E-state index < -0.39 is 24.0 Å². The van der Waals surface area contributed by atoms with E-state index >= 15 is 0 Å². The van der Waals surface area contributed by atoms with Crippen LogP contribution in [0.3, 0.4) is 0 Å². The molecule has 0 saturated heterocycles. The second kappa shape index (κ2) is 8.24. The number of carbonyl (C=O) groups excluding carboxylic acids is 2. The van der Waals surface area contributed by atoms with Crippen LogP contribution in [-0.4, -0.2) is 41.3 Å². The van der Waals surface area contributed by atoms with Crippen LogP contribution in [0.4, 0.5) is 0 Å². The number of Topliss-reactive ketones (excluding diaryl/α,β-unsaturated/α-hetero) is 1. The van der Waals surface area contributed by atoms with Crippen molar-refractivity contribution in [1.29, 1.82) is 0 Å². The standard InChI is InChI=1S/C11H20O5/c1-3-4-5-9(13)10(14)6-8(12)7-11(15)16-2/h9-10,13-14H,3-7H2,1-2H3/t9-,10-/m0/s1. The van der Waals surface area contributed by atoms with E-state index in [4.69, 9.17) is 0 Å². The second-order valence-corrected chi connectivity index (χ2v) is 3.77. The third-order valence-electron chi connectivity index (χ3n) is 2.30. The minimum Gasteiger partial charge on any atom is -0.469 e. The van der Waals surface area contributed by atoms with Gasteiger partial charge in [0.15, 0.2) is 0 Å². The van der Waals surface area contributed by atoms with Gasteiger partial charge in [-0.25, -0.2) is 0 Å². The lowest BCUT2D eigenvalue weighted by atomic mass is 10.0. The average molecular weight is 232 g/mol. The van der Waals surface area contributed by atoms with Crippen LogP contribution in [-0.2, 0) is 14.3 Å². The summed E-state index contributed by atoms with van der Waals surface area (Å²) in [7, 11) is 1.20. The third kappa shape index (κ3) is 6.53. The maximum atomic E-state index is 11.2. The van der Waals surface area contributed by atoms with Gasteiger partial charge in [-0.2, -0.15) is 0 Å². The van der Waals surface area contributed by atoms with Crippen LogP contribution >= 0.6 is 0 Å². The van der Waals surface area contributed by atoms with Crippen molar-refractivity contribution in [2.24, 2.45) is 0 Å². The van der Waals surface area contributed by atoms with Crippen molar-refractivity contribution in [3.63, 3.8) is 0 Å². The normalized spacial score (nSPS) is 14.2. The molecule has 0 bridgehead atoms. The van der Waals surface area contributed by atoms with Gasteiger partial charge in [-0.15, -0.1) is 0 Å². The van der Waals surface area contributed by atoms with Crippen LogP contribution in [0.1, 0.15) is 39.0 Å². The van der Waals surface area contributed by atoms with Crippen molar-refractivity contribution in [2.75, 3.05) is 7.11 Å². The van der Waals surface area contributed by atoms with Crippen LogP contribution in [0.15, 0.2) is 0 Å². The first kappa shape index (κ1) is 15.1. The minimum atomic E-state index is -1.09. The predicted octanol–water partition coefficient (Wildman–Crippen LogP) is 0.421. The van der Waals surface area contributed by atoms with Crippen LogP contribution in [0.25, 0.3) is 0 Å². The molecule has 0 aliphatic heterocycles. The van der Waals surface area contributed by atoms with E-state index in [1.54, 1.807) is 0 Å². The van der Waals surface area contributed by atoms with E-state index in [-0.39, 0.29) is 12.8 Å². The van der Waals surface area contributed by atoms with Crippen LogP contribution < -0.4 is 0 Å². The molecule has 0 unspecified atom stereocenters. The lowest BCUT2D eigenvalue weighted by molar-refractivity contribution is -0.144. The highest BCUT2D eigenvalue weighted by Gasteiger charge is 2.20. The van der Waals surface area contributed by atoms with E-state index in [0.29, 0.717) is 6.42 Å². The first-order valence-electron chi connectivity index (χ1n) is 5.45. The fourth-order valence-electron chi connectivity index (χ4n) is 1.28. The molecule has 0 aliphatic carbocycles. The summed E-state index contributed by atoms with van der Waals surface area (Å²) >= 11 is 0. The van der Waals surface area contributed by atoms with E-state index in [1.807, 2.05) is 6.92 Å². The van der Waals surface area contributed by atoms with Crippen molar-refractivity contribution in [3.05, 3.63) is 0 Å². The van der Waals surface area contributed by atoms with Crippen molar-refractivity contribution in [2.45, 2.75) is 51.2 Å². The molecule has 2 atom stereocenters. The summed E-state index contributed by atoms with van der Waals surface area (Å²) in [6, 6.07) is 0. The Hall–Kier alpha value is -0.940. The molecule has 94 valence electrons. The molecule has 0 aliphatic rings. The van der Waals surface area contributed by atoms with Crippen LogP contribution in [0, 0.1) is 0 Å². The number of rotatable bonds is 8. The molecule has 0 amide bonds. The Kier molecular flexibility index (Phi) is 7.76. The maximum absolute atomic E-state index is 11.2. The van der Waals surface area contributed by atoms with Crippen molar-refractivity contribution < 1.29 is 24.5 Å². The smallest absolute Gasteiger partial charge is 0.313 e. The van der Waals surface area contributed by atoms with Gasteiger partial charge in [-0.1, -0.05) is 19.8 Å². The number of ether oxygens (including phenoxy) is 1. The Bertz CT molecular complexity index is 226. The first-order chi connectivity index (χ1) is 7.51. The van der Waals surface area contributed by atoms with Gasteiger partial charge in [-0.05, 0) is 6.42 Å². The van der Waals surface area contributed by atoms with E-state index in [9.17, 15) is 19.8 Å². The average Bonchev–Trinajstić information content (AvgIpc) is 2.25. The molecule has 16 heavy (non-hydrogen) atoms. The minimum absolute atomic E-state index is 0.208. The van der Waals surface area contributed by atoms with Crippen molar-refractivity contribution >= 4 is 11.8 Å². The number of aliphatic hydroxyl groups is 2. The van der Waals surface area contributed by atoms with Gasteiger partial charge in [0.25, 0.3) is 0 Å². The Morgan fingerprint density at radius 2 is 1.88 bits per heavy atom. The number of carbonyl (C=O) groups is 2. The third-order valence-corrected chi connectivity index (χ3v) is 2.30. The largest absolute Gasteiger partial charge is 0.469 e. The Morgan fingerprint density at radius 1 is 1.25 bits per heavy atom. The van der Waals surface area contributed by atoms with Gasteiger partial charge >= 0.3 is 5.97 Å². The Morgan fingerprint density at radius 3 is 2.38 bits per heavy atom. The molecule has 5 heteroatoms. The van der Waals surface area contributed by atoms with Gasteiger partial charge < -0.3 is 14.9 Å². The molecule has 0 radical (unpaired) electrons. The monoisotopic (exact) mass is 232 g/mol. The Labute approximate surface area is 95.4 Å². The molecule has 2 N–H and O–H groups in total. The second-order valence-electron chi connectivity index (χ2n) is 3.77. The highest BCUT2D eigenvalue weighted by atomic mass is 16.5. The maximum Gasteiger partial charge on any atom is 0.313 e. The van der Waals surface area contributed by atoms with Crippen LogP contribution in [0.2, 0.25) is 0 Å². The summed E-state index contributed by atoms with van der Waals surface area (Å²) in [6.45, 7) is 1.97. The summed E-state index contributed by atoms with van der Waals surface area (Å²) in [5, 5.41) is 18.9. The summed E-state index contributed by atoms with van der Waals surface area (Å²) < 4.78 is 4.32. The molecule has 5 nitrogen and oxygen atoms in total. The predicted molar refractivity (Wildman–Crippen MR) is 57.8 cm³/mol. The number of hydrogen-bond donors (Lipinski definition) is 2. The summed E-state index contributed by atoms with van der Waals surface area (Å²) in [5.74, 6) is -1.05. The summed E-state index contributed by atoms with van der Waals surface area (Å²) in [4.78, 5) is 22.0. The zero-order valence-corrected chi connectivity index (χ0v) is 9.81. The quantitative estimate of drug-likeness (QED) is 0.468. The highest BCUT2D eigenvalue weighted by Crippen LogP contribution is 2.09. The molecule has 0 saturated carbocycles. The summed E-state index contributed by atoms with van der Waals surface area (Å²) in [5.41, 5.74) is 0. The molecule has 0 rings (SSSR count). The van der Waals surface area contributed by atoms with Crippen molar-refractivity contribution in [1.82, 2.24) is 0 Å². The molecule has 0 fully saturated rings. The molecule has 0 aromatic heterocycles. The molecule has 0 aromatic rings. The van der Waals surface area contributed by atoms with Crippen LogP contribution in [0.5, 0.6) is 0 Å². The number of methoxy groups -OCH3 is 1. The zero-order chi connectivity index (χ0) is 12.6. The highest BCUT2D eigenvalue weighted by molar-refractivity contribution is 5.95.